The topological polar surface area (TPSA) is 95.4 Å². The fraction of sp³-hybridized carbons (Fsp3) is 0.471. The third-order valence-electron chi connectivity index (χ3n) is 4.08. The molecule has 0 amide bonds. The zero-order valence-electron chi connectivity index (χ0n) is 13.6. The molecule has 0 bridgehead atoms. The van der Waals surface area contributed by atoms with Crippen LogP contribution in [0, 0.1) is 18.3 Å². The molecule has 0 radical (unpaired) electrons. The molecule has 1 fully saturated rings. The van der Waals surface area contributed by atoms with Crippen molar-refractivity contribution in [2.24, 2.45) is 0 Å². The van der Waals surface area contributed by atoms with Gasteiger partial charge in [0.2, 0.25) is 5.89 Å². The number of likely N-dealkylation sites (tertiary alicyclic amines) is 1. The first-order valence-corrected chi connectivity index (χ1v) is 8.01. The second kappa shape index (κ2) is 7.43. The van der Waals surface area contributed by atoms with Crippen molar-refractivity contribution in [3.05, 3.63) is 41.5 Å². The molecule has 2 aromatic rings. The average Bonchev–Trinajstić information content (AvgIpc) is 3.22. The SMILES string of the molecule is Cc1nc([C@@H]2CCCN2C[C@H](O)COc2ccc(C#N)cc2)no1. The van der Waals surface area contributed by atoms with E-state index in [-0.39, 0.29) is 12.6 Å². The van der Waals surface area contributed by atoms with E-state index < -0.39 is 6.10 Å². The Labute approximate surface area is 140 Å². The van der Waals surface area contributed by atoms with Crippen LogP contribution in [-0.2, 0) is 0 Å². The van der Waals surface area contributed by atoms with Crippen molar-refractivity contribution >= 4 is 0 Å². The Morgan fingerprint density at radius 2 is 2.25 bits per heavy atom. The van der Waals surface area contributed by atoms with Gasteiger partial charge in [0, 0.05) is 13.5 Å². The number of hydrogen-bond donors (Lipinski definition) is 1. The van der Waals surface area contributed by atoms with E-state index in [2.05, 4.69) is 21.1 Å². The van der Waals surface area contributed by atoms with Crippen LogP contribution >= 0.6 is 0 Å². The van der Waals surface area contributed by atoms with Gasteiger partial charge in [-0.25, -0.2) is 0 Å². The zero-order chi connectivity index (χ0) is 16.9. The average molecular weight is 328 g/mol. The van der Waals surface area contributed by atoms with Gasteiger partial charge in [-0.05, 0) is 43.7 Å². The highest BCUT2D eigenvalue weighted by atomic mass is 16.5. The summed E-state index contributed by atoms with van der Waals surface area (Å²) in [5.74, 6) is 1.88. The number of aryl methyl sites for hydroxylation is 1. The van der Waals surface area contributed by atoms with E-state index in [1.165, 1.54) is 0 Å². The standard InChI is InChI=1S/C17H20N4O3/c1-12-19-17(20-24-12)16-3-2-8-21(16)10-14(22)11-23-15-6-4-13(9-18)5-7-15/h4-7,14,16,22H,2-3,8,10-11H2,1H3/t14-,16-/m0/s1. The summed E-state index contributed by atoms with van der Waals surface area (Å²) in [6.07, 6.45) is 1.39. The van der Waals surface area contributed by atoms with Crippen LogP contribution in [0.2, 0.25) is 0 Å². The van der Waals surface area contributed by atoms with Crippen LogP contribution in [0.4, 0.5) is 0 Å². The molecule has 1 N–H and O–H groups in total. The summed E-state index contributed by atoms with van der Waals surface area (Å²) in [5.41, 5.74) is 0.582. The Hall–Kier alpha value is -2.43. The van der Waals surface area contributed by atoms with E-state index in [9.17, 15) is 5.11 Å². The van der Waals surface area contributed by atoms with Gasteiger partial charge >= 0.3 is 0 Å². The lowest BCUT2D eigenvalue weighted by Gasteiger charge is -2.24. The highest BCUT2D eigenvalue weighted by molar-refractivity contribution is 5.34. The largest absolute Gasteiger partial charge is 0.491 e. The van der Waals surface area contributed by atoms with Crippen molar-refractivity contribution in [1.82, 2.24) is 15.0 Å². The number of benzene rings is 1. The number of nitrogens with zero attached hydrogens (tertiary/aromatic N) is 4. The molecule has 126 valence electrons. The maximum Gasteiger partial charge on any atom is 0.223 e. The summed E-state index contributed by atoms with van der Waals surface area (Å²) < 4.78 is 10.6. The number of aliphatic hydroxyl groups excluding tert-OH is 1. The summed E-state index contributed by atoms with van der Waals surface area (Å²) in [6.45, 7) is 3.36. The summed E-state index contributed by atoms with van der Waals surface area (Å²) >= 11 is 0. The maximum atomic E-state index is 10.3. The smallest absolute Gasteiger partial charge is 0.223 e. The van der Waals surface area contributed by atoms with E-state index in [1.807, 2.05) is 0 Å². The molecule has 3 rings (SSSR count). The Morgan fingerprint density at radius 3 is 2.92 bits per heavy atom. The van der Waals surface area contributed by atoms with Crippen LogP contribution < -0.4 is 4.74 Å². The van der Waals surface area contributed by atoms with Gasteiger partial charge < -0.3 is 14.4 Å². The van der Waals surface area contributed by atoms with E-state index >= 15 is 0 Å². The summed E-state index contributed by atoms with van der Waals surface area (Å²) in [4.78, 5) is 6.47. The third kappa shape index (κ3) is 3.91. The highest BCUT2D eigenvalue weighted by Crippen LogP contribution is 2.30. The molecule has 2 heterocycles. The minimum Gasteiger partial charge on any atom is -0.491 e. The van der Waals surface area contributed by atoms with Crippen molar-refractivity contribution in [2.75, 3.05) is 19.7 Å². The zero-order valence-corrected chi connectivity index (χ0v) is 13.6. The molecule has 1 saturated heterocycles. The molecule has 0 unspecified atom stereocenters. The number of nitriles is 1. The fourth-order valence-electron chi connectivity index (χ4n) is 2.93. The summed E-state index contributed by atoms with van der Waals surface area (Å²) in [6, 6.07) is 8.99. The number of hydrogen-bond acceptors (Lipinski definition) is 7. The van der Waals surface area contributed by atoms with Gasteiger partial charge in [-0.1, -0.05) is 5.16 Å². The van der Waals surface area contributed by atoms with E-state index in [0.29, 0.717) is 29.6 Å². The molecule has 0 aliphatic carbocycles. The van der Waals surface area contributed by atoms with Crippen LogP contribution in [0.3, 0.4) is 0 Å². The Bertz CT molecular complexity index is 707. The van der Waals surface area contributed by atoms with Crippen molar-refractivity contribution in [1.29, 1.82) is 5.26 Å². The molecule has 24 heavy (non-hydrogen) atoms. The first-order valence-electron chi connectivity index (χ1n) is 8.01. The van der Waals surface area contributed by atoms with E-state index in [0.717, 1.165) is 19.4 Å². The van der Waals surface area contributed by atoms with Crippen molar-refractivity contribution in [2.45, 2.75) is 31.9 Å². The molecular formula is C17H20N4O3. The van der Waals surface area contributed by atoms with Gasteiger partial charge in [-0.2, -0.15) is 10.2 Å². The maximum absolute atomic E-state index is 10.3. The molecule has 1 aliphatic heterocycles. The summed E-state index contributed by atoms with van der Waals surface area (Å²) in [5, 5.41) is 23.0. The minimum absolute atomic E-state index is 0.0898. The predicted molar refractivity (Wildman–Crippen MR) is 85.2 cm³/mol. The van der Waals surface area contributed by atoms with Crippen LogP contribution in [0.1, 0.15) is 36.2 Å². The van der Waals surface area contributed by atoms with Crippen molar-refractivity contribution < 1.29 is 14.4 Å². The normalized spacial score (nSPS) is 19.1. The van der Waals surface area contributed by atoms with Gasteiger partial charge in [0.15, 0.2) is 5.82 Å². The lowest BCUT2D eigenvalue weighted by Crippen LogP contribution is -2.35. The molecule has 0 spiro atoms. The quantitative estimate of drug-likeness (QED) is 0.864. The Morgan fingerprint density at radius 1 is 1.46 bits per heavy atom. The molecule has 7 nitrogen and oxygen atoms in total. The van der Waals surface area contributed by atoms with Gasteiger partial charge in [0.1, 0.15) is 18.5 Å². The molecule has 1 aromatic heterocycles. The predicted octanol–water partition coefficient (Wildman–Crippen LogP) is 1.83. The second-order valence-electron chi connectivity index (χ2n) is 5.93. The van der Waals surface area contributed by atoms with Gasteiger partial charge in [0.05, 0.1) is 17.7 Å². The van der Waals surface area contributed by atoms with Crippen LogP contribution in [0.25, 0.3) is 0 Å². The molecule has 0 saturated carbocycles. The van der Waals surface area contributed by atoms with Gasteiger partial charge in [0.25, 0.3) is 0 Å². The molecular weight excluding hydrogens is 308 g/mol. The van der Waals surface area contributed by atoms with Crippen LogP contribution in [0.5, 0.6) is 5.75 Å². The van der Waals surface area contributed by atoms with Crippen molar-refractivity contribution in [3.63, 3.8) is 0 Å². The summed E-state index contributed by atoms with van der Waals surface area (Å²) in [7, 11) is 0. The number of aromatic nitrogens is 2. The Balaban J connectivity index is 1.52. The second-order valence-corrected chi connectivity index (χ2v) is 5.93. The van der Waals surface area contributed by atoms with E-state index in [4.69, 9.17) is 14.5 Å². The fourth-order valence-corrected chi connectivity index (χ4v) is 2.93. The minimum atomic E-state index is -0.616. The van der Waals surface area contributed by atoms with Gasteiger partial charge in [-0.3, -0.25) is 4.90 Å². The molecule has 7 heteroatoms. The molecule has 2 atom stereocenters. The third-order valence-corrected chi connectivity index (χ3v) is 4.08. The number of β-amino-alcohol motifs (C(OH)–C–C–N with tert-alkyl or cyclic N) is 1. The lowest BCUT2D eigenvalue weighted by atomic mass is 10.2. The van der Waals surface area contributed by atoms with Crippen LogP contribution in [-0.4, -0.2) is 45.9 Å². The first-order chi connectivity index (χ1) is 11.7. The lowest BCUT2D eigenvalue weighted by molar-refractivity contribution is 0.0623. The molecule has 1 aromatic carbocycles. The molecule has 1 aliphatic rings. The number of aliphatic hydroxyl groups is 1. The Kier molecular flexibility index (Phi) is 5.08. The number of ether oxygens (including phenoxy) is 1. The van der Waals surface area contributed by atoms with Gasteiger partial charge in [-0.15, -0.1) is 0 Å². The first kappa shape index (κ1) is 16.4. The van der Waals surface area contributed by atoms with Crippen LogP contribution in [0.15, 0.2) is 28.8 Å². The number of rotatable bonds is 6. The van der Waals surface area contributed by atoms with E-state index in [1.54, 1.807) is 31.2 Å². The monoisotopic (exact) mass is 328 g/mol. The highest BCUT2D eigenvalue weighted by Gasteiger charge is 2.31. The van der Waals surface area contributed by atoms with Crippen molar-refractivity contribution in [3.8, 4) is 11.8 Å².